The number of carbonyl (C=O) groups is 1. The number of aromatic nitrogens is 1. The zero-order valence-corrected chi connectivity index (χ0v) is 11.9. The summed E-state index contributed by atoms with van der Waals surface area (Å²) in [5.41, 5.74) is 1.01. The zero-order chi connectivity index (χ0) is 14.8. The van der Waals surface area contributed by atoms with Gasteiger partial charge in [-0.2, -0.15) is 0 Å². The maximum absolute atomic E-state index is 11.2. The normalized spacial score (nSPS) is 20.8. The quantitative estimate of drug-likeness (QED) is 0.803. The lowest BCUT2D eigenvalue weighted by atomic mass is 9.95. The van der Waals surface area contributed by atoms with Gasteiger partial charge in [-0.25, -0.2) is 4.98 Å². The van der Waals surface area contributed by atoms with Gasteiger partial charge in [0.25, 0.3) is 0 Å². The average Bonchev–Trinajstić information content (AvgIpc) is 2.96. The van der Waals surface area contributed by atoms with Crippen molar-refractivity contribution in [2.45, 2.75) is 19.1 Å². The molecule has 2 unspecified atom stereocenters. The molecule has 21 heavy (non-hydrogen) atoms. The van der Waals surface area contributed by atoms with Gasteiger partial charge >= 0.3 is 5.97 Å². The minimum Gasteiger partial charge on any atom is -0.497 e. The molecule has 1 aliphatic heterocycles. The standard InChI is InChI=1S/C15H16N2O4/c1-10(18)21-14-8-17(15(14)13-7-16-9-20-13)11-3-5-12(19-2)6-4-11/h3-7,9,14-15H,8H2,1-2H3. The van der Waals surface area contributed by atoms with E-state index in [2.05, 4.69) is 9.88 Å². The van der Waals surface area contributed by atoms with E-state index in [4.69, 9.17) is 13.9 Å². The average molecular weight is 288 g/mol. The second kappa shape index (κ2) is 5.47. The van der Waals surface area contributed by atoms with Gasteiger partial charge in [-0.3, -0.25) is 4.79 Å². The molecule has 1 fully saturated rings. The van der Waals surface area contributed by atoms with Gasteiger partial charge in [-0.1, -0.05) is 0 Å². The summed E-state index contributed by atoms with van der Waals surface area (Å²) in [7, 11) is 1.63. The molecule has 1 aliphatic rings. The summed E-state index contributed by atoms with van der Waals surface area (Å²) in [6, 6.07) is 7.57. The number of ether oxygens (including phenoxy) is 2. The molecule has 0 aliphatic carbocycles. The highest BCUT2D eigenvalue weighted by Gasteiger charge is 2.44. The summed E-state index contributed by atoms with van der Waals surface area (Å²) in [5.74, 6) is 1.19. The Kier molecular flexibility index (Phi) is 3.51. The van der Waals surface area contributed by atoms with Crippen LogP contribution in [0.25, 0.3) is 0 Å². The fourth-order valence-corrected chi connectivity index (χ4v) is 2.53. The predicted molar refractivity (Wildman–Crippen MR) is 75.1 cm³/mol. The molecule has 0 N–H and O–H groups in total. The van der Waals surface area contributed by atoms with Crippen LogP contribution in [0.2, 0.25) is 0 Å². The number of rotatable bonds is 4. The van der Waals surface area contributed by atoms with Crippen LogP contribution < -0.4 is 9.64 Å². The number of oxazole rings is 1. The van der Waals surface area contributed by atoms with Crippen LogP contribution in [-0.2, 0) is 9.53 Å². The number of benzene rings is 1. The van der Waals surface area contributed by atoms with Gasteiger partial charge in [-0.15, -0.1) is 0 Å². The molecular formula is C15H16N2O4. The number of methoxy groups -OCH3 is 1. The Labute approximate surface area is 122 Å². The Morgan fingerprint density at radius 3 is 2.71 bits per heavy atom. The Bertz CT molecular complexity index is 609. The monoisotopic (exact) mass is 288 g/mol. The highest BCUT2D eigenvalue weighted by molar-refractivity contribution is 5.67. The van der Waals surface area contributed by atoms with E-state index in [1.54, 1.807) is 13.3 Å². The van der Waals surface area contributed by atoms with E-state index in [0.717, 1.165) is 11.4 Å². The van der Waals surface area contributed by atoms with E-state index < -0.39 is 0 Å². The van der Waals surface area contributed by atoms with E-state index in [1.165, 1.54) is 13.3 Å². The van der Waals surface area contributed by atoms with E-state index >= 15 is 0 Å². The fraction of sp³-hybridized carbons (Fsp3) is 0.333. The molecular weight excluding hydrogens is 272 g/mol. The molecule has 1 aromatic heterocycles. The van der Waals surface area contributed by atoms with Crippen molar-refractivity contribution in [1.29, 1.82) is 0 Å². The molecule has 3 rings (SSSR count). The first-order valence-corrected chi connectivity index (χ1v) is 6.65. The van der Waals surface area contributed by atoms with Crippen LogP contribution in [0.15, 0.2) is 41.3 Å². The van der Waals surface area contributed by atoms with Gasteiger partial charge < -0.3 is 18.8 Å². The third-order valence-corrected chi connectivity index (χ3v) is 3.53. The largest absolute Gasteiger partial charge is 0.497 e. The number of hydrogen-bond donors (Lipinski definition) is 0. The Hall–Kier alpha value is -2.50. The van der Waals surface area contributed by atoms with Crippen molar-refractivity contribution in [2.75, 3.05) is 18.6 Å². The number of anilines is 1. The van der Waals surface area contributed by atoms with Crippen LogP contribution >= 0.6 is 0 Å². The summed E-state index contributed by atoms with van der Waals surface area (Å²) in [5, 5.41) is 0. The van der Waals surface area contributed by atoms with E-state index in [9.17, 15) is 4.79 Å². The van der Waals surface area contributed by atoms with E-state index in [0.29, 0.717) is 12.3 Å². The van der Waals surface area contributed by atoms with Crippen molar-refractivity contribution in [1.82, 2.24) is 4.98 Å². The Morgan fingerprint density at radius 2 is 2.14 bits per heavy atom. The molecule has 0 spiro atoms. The summed E-state index contributed by atoms with van der Waals surface area (Å²) < 4.78 is 15.9. The molecule has 0 bridgehead atoms. The molecule has 0 saturated carbocycles. The van der Waals surface area contributed by atoms with E-state index in [1.807, 2.05) is 24.3 Å². The molecule has 2 atom stereocenters. The first-order chi connectivity index (χ1) is 10.2. The molecule has 0 radical (unpaired) electrons. The lowest BCUT2D eigenvalue weighted by Gasteiger charge is -2.47. The first-order valence-electron chi connectivity index (χ1n) is 6.65. The maximum Gasteiger partial charge on any atom is 0.303 e. The lowest BCUT2D eigenvalue weighted by Crippen LogP contribution is -2.55. The van der Waals surface area contributed by atoms with Crippen LogP contribution in [0.4, 0.5) is 5.69 Å². The molecule has 110 valence electrons. The molecule has 2 aromatic rings. The summed E-state index contributed by atoms with van der Waals surface area (Å²) in [6.07, 6.45) is 2.80. The number of esters is 1. The highest BCUT2D eigenvalue weighted by Crippen LogP contribution is 2.40. The molecule has 2 heterocycles. The van der Waals surface area contributed by atoms with Gasteiger partial charge in [0.2, 0.25) is 0 Å². The minimum atomic E-state index is -0.293. The van der Waals surface area contributed by atoms with Crippen molar-refractivity contribution in [3.05, 3.63) is 42.6 Å². The second-order valence-corrected chi connectivity index (χ2v) is 4.85. The molecule has 1 saturated heterocycles. The molecule has 6 nitrogen and oxygen atoms in total. The zero-order valence-electron chi connectivity index (χ0n) is 11.9. The Balaban J connectivity index is 1.83. The van der Waals surface area contributed by atoms with Gasteiger partial charge in [-0.05, 0) is 24.3 Å². The lowest BCUT2D eigenvalue weighted by molar-refractivity contribution is -0.150. The van der Waals surface area contributed by atoms with Crippen LogP contribution in [0.3, 0.4) is 0 Å². The van der Waals surface area contributed by atoms with Crippen LogP contribution in [0.5, 0.6) is 5.75 Å². The second-order valence-electron chi connectivity index (χ2n) is 4.85. The van der Waals surface area contributed by atoms with Crippen molar-refractivity contribution in [3.8, 4) is 5.75 Å². The topological polar surface area (TPSA) is 64.8 Å². The van der Waals surface area contributed by atoms with Crippen molar-refractivity contribution in [3.63, 3.8) is 0 Å². The van der Waals surface area contributed by atoms with Crippen molar-refractivity contribution < 1.29 is 18.7 Å². The molecule has 6 heteroatoms. The van der Waals surface area contributed by atoms with Crippen molar-refractivity contribution >= 4 is 11.7 Å². The van der Waals surface area contributed by atoms with Gasteiger partial charge in [0.15, 0.2) is 12.2 Å². The predicted octanol–water partition coefficient (Wildman–Crippen LogP) is 2.18. The third-order valence-electron chi connectivity index (χ3n) is 3.53. The smallest absolute Gasteiger partial charge is 0.303 e. The number of carbonyl (C=O) groups excluding carboxylic acids is 1. The molecule has 0 amide bonds. The van der Waals surface area contributed by atoms with Crippen molar-refractivity contribution in [2.24, 2.45) is 0 Å². The van der Waals surface area contributed by atoms with Gasteiger partial charge in [0.05, 0.1) is 19.9 Å². The minimum absolute atomic E-state index is 0.148. The highest BCUT2D eigenvalue weighted by atomic mass is 16.5. The van der Waals surface area contributed by atoms with Gasteiger partial charge in [0.1, 0.15) is 17.9 Å². The van der Waals surface area contributed by atoms with Gasteiger partial charge in [0, 0.05) is 12.6 Å². The molecule has 1 aromatic carbocycles. The summed E-state index contributed by atoms with van der Waals surface area (Å²) in [4.78, 5) is 17.2. The summed E-state index contributed by atoms with van der Waals surface area (Å²) >= 11 is 0. The summed E-state index contributed by atoms with van der Waals surface area (Å²) in [6.45, 7) is 2.03. The fourth-order valence-electron chi connectivity index (χ4n) is 2.53. The van der Waals surface area contributed by atoms with Crippen LogP contribution in [0, 0.1) is 0 Å². The maximum atomic E-state index is 11.2. The third kappa shape index (κ3) is 2.56. The van der Waals surface area contributed by atoms with Crippen LogP contribution in [0.1, 0.15) is 18.7 Å². The van der Waals surface area contributed by atoms with E-state index in [-0.39, 0.29) is 18.1 Å². The Morgan fingerprint density at radius 1 is 1.38 bits per heavy atom. The SMILES string of the molecule is COc1ccc(N2CC(OC(C)=O)C2c2cnco2)cc1. The number of hydrogen-bond acceptors (Lipinski definition) is 6. The van der Waals surface area contributed by atoms with Crippen LogP contribution in [-0.4, -0.2) is 30.7 Å². The first kappa shape index (κ1) is 13.5. The number of nitrogens with zero attached hydrogens (tertiary/aromatic N) is 2.